The highest BCUT2D eigenvalue weighted by molar-refractivity contribution is 6.76. The van der Waals surface area contributed by atoms with Crippen molar-refractivity contribution in [3.63, 3.8) is 0 Å². The minimum absolute atomic E-state index is 0.130. The van der Waals surface area contributed by atoms with Gasteiger partial charge in [-0.2, -0.15) is 0 Å². The van der Waals surface area contributed by atoms with Crippen LogP contribution in [-0.2, 0) is 9.53 Å². The minimum Gasteiger partial charge on any atom is -0.465 e. The number of alkyl halides is 2. The Hall–Kier alpha value is -1.34. The van der Waals surface area contributed by atoms with Gasteiger partial charge >= 0.3 is 5.97 Å². The fraction of sp³-hybridized carbons (Fsp3) is 0.684. The summed E-state index contributed by atoms with van der Waals surface area (Å²) < 4.78 is 33.9. The van der Waals surface area contributed by atoms with E-state index in [2.05, 4.69) is 24.6 Å². The van der Waals surface area contributed by atoms with Crippen LogP contribution in [0.15, 0.2) is 24.4 Å². The molecule has 0 spiro atoms. The van der Waals surface area contributed by atoms with Gasteiger partial charge in [-0.3, -0.25) is 14.7 Å². The lowest BCUT2D eigenvalue weighted by atomic mass is 10.0. The monoisotopic (exact) mass is 384 g/mol. The number of pyridine rings is 1. The molecule has 0 N–H and O–H groups in total. The van der Waals surface area contributed by atoms with E-state index in [4.69, 9.17) is 4.74 Å². The molecule has 2 rings (SSSR count). The van der Waals surface area contributed by atoms with Crippen LogP contribution in [-0.4, -0.2) is 49.0 Å². The Labute approximate surface area is 156 Å². The molecule has 4 nitrogen and oxygen atoms in total. The smallest absolute Gasteiger partial charge is 0.323 e. The molecule has 1 aliphatic heterocycles. The Morgan fingerprint density at radius 1 is 1.38 bits per heavy atom. The van der Waals surface area contributed by atoms with Crippen molar-refractivity contribution in [3.05, 3.63) is 30.1 Å². The molecule has 1 aromatic rings. The van der Waals surface area contributed by atoms with Gasteiger partial charge in [0.1, 0.15) is 6.04 Å². The molecule has 0 aliphatic carbocycles. The van der Waals surface area contributed by atoms with E-state index in [0.29, 0.717) is 12.3 Å². The second-order valence-electron chi connectivity index (χ2n) is 8.67. The first-order chi connectivity index (χ1) is 12.0. The number of halogens is 2. The minimum atomic E-state index is -2.84. The predicted octanol–water partition coefficient (Wildman–Crippen LogP) is 4.37. The van der Waals surface area contributed by atoms with Crippen molar-refractivity contribution in [2.45, 2.75) is 64.0 Å². The Kier molecular flexibility index (Phi) is 6.55. The van der Waals surface area contributed by atoms with Crippen LogP contribution in [0, 0.1) is 5.92 Å². The summed E-state index contributed by atoms with van der Waals surface area (Å²) in [6, 6.07) is 4.87. The zero-order chi connectivity index (χ0) is 19.5. The molecule has 1 fully saturated rings. The summed E-state index contributed by atoms with van der Waals surface area (Å²) in [6.07, 6.45) is 1.27. The molecule has 146 valence electrons. The summed E-state index contributed by atoms with van der Waals surface area (Å²) in [7, 11) is -1.33. The molecule has 0 saturated carbocycles. The molecule has 26 heavy (non-hydrogen) atoms. The van der Waals surface area contributed by atoms with Gasteiger partial charge in [0.25, 0.3) is 5.92 Å². The Morgan fingerprint density at radius 3 is 2.62 bits per heavy atom. The predicted molar refractivity (Wildman–Crippen MR) is 101 cm³/mol. The van der Waals surface area contributed by atoms with Crippen molar-refractivity contribution < 1.29 is 18.3 Å². The molecule has 0 aromatic carbocycles. The van der Waals surface area contributed by atoms with Gasteiger partial charge in [-0.05, 0) is 24.1 Å². The van der Waals surface area contributed by atoms with E-state index in [1.165, 1.54) is 0 Å². The van der Waals surface area contributed by atoms with Gasteiger partial charge < -0.3 is 4.74 Å². The highest BCUT2D eigenvalue weighted by Crippen LogP contribution is 2.42. The Balaban J connectivity index is 2.19. The van der Waals surface area contributed by atoms with Crippen LogP contribution in [0.2, 0.25) is 25.7 Å². The highest BCUT2D eigenvalue weighted by atomic mass is 28.3. The third kappa shape index (κ3) is 5.58. The van der Waals surface area contributed by atoms with E-state index in [9.17, 15) is 13.6 Å². The van der Waals surface area contributed by atoms with E-state index in [1.54, 1.807) is 29.3 Å². The zero-order valence-electron chi connectivity index (χ0n) is 16.3. The number of ether oxygens (including phenoxy) is 1. The lowest BCUT2D eigenvalue weighted by Gasteiger charge is -2.33. The fourth-order valence-corrected chi connectivity index (χ4v) is 4.03. The summed E-state index contributed by atoms with van der Waals surface area (Å²) >= 11 is 0. The van der Waals surface area contributed by atoms with Crippen LogP contribution in [0.25, 0.3) is 0 Å². The van der Waals surface area contributed by atoms with Crippen LogP contribution in [0.4, 0.5) is 8.78 Å². The molecule has 0 unspecified atom stereocenters. The first-order valence-electron chi connectivity index (χ1n) is 9.21. The normalized spacial score (nSPS) is 21.8. The first-order valence-corrected chi connectivity index (χ1v) is 12.9. The van der Waals surface area contributed by atoms with Crippen molar-refractivity contribution in [2.75, 3.05) is 13.2 Å². The van der Waals surface area contributed by atoms with E-state index in [0.717, 1.165) is 6.04 Å². The summed E-state index contributed by atoms with van der Waals surface area (Å²) in [5.41, 5.74) is 0.574. The van der Waals surface area contributed by atoms with Gasteiger partial charge in [0, 0.05) is 20.7 Å². The van der Waals surface area contributed by atoms with Crippen molar-refractivity contribution >= 4 is 14.0 Å². The van der Waals surface area contributed by atoms with Crippen molar-refractivity contribution in [3.8, 4) is 0 Å². The largest absolute Gasteiger partial charge is 0.465 e. The topological polar surface area (TPSA) is 42.4 Å². The van der Waals surface area contributed by atoms with Gasteiger partial charge in [-0.25, -0.2) is 8.78 Å². The van der Waals surface area contributed by atoms with Gasteiger partial charge in [0.05, 0.1) is 24.9 Å². The van der Waals surface area contributed by atoms with E-state index in [-0.39, 0.29) is 12.3 Å². The van der Waals surface area contributed by atoms with E-state index in [1.807, 2.05) is 13.8 Å². The molecular weight excluding hydrogens is 354 g/mol. The molecule has 7 heteroatoms. The first kappa shape index (κ1) is 21.0. The maximum absolute atomic E-state index is 14.2. The number of hydrogen-bond donors (Lipinski definition) is 0. The van der Waals surface area contributed by atoms with Crippen molar-refractivity contribution in [2.24, 2.45) is 5.92 Å². The Bertz CT molecular complexity index is 605. The SMILES string of the molecule is CC(C)[C@@H](C(=O)OCC[Si](C)(C)C)N1CC(F)(F)C[C@H]1c1ccccn1. The van der Waals surface area contributed by atoms with Crippen LogP contribution in [0.5, 0.6) is 0 Å². The van der Waals surface area contributed by atoms with Crippen LogP contribution in [0.3, 0.4) is 0 Å². The number of hydrogen-bond acceptors (Lipinski definition) is 4. The molecule has 1 saturated heterocycles. The molecular formula is C19H30F2N2O2Si. The van der Waals surface area contributed by atoms with E-state index >= 15 is 0 Å². The van der Waals surface area contributed by atoms with Gasteiger partial charge in [-0.15, -0.1) is 0 Å². The quantitative estimate of drug-likeness (QED) is 0.517. The maximum atomic E-state index is 14.2. The average molecular weight is 385 g/mol. The zero-order valence-corrected chi connectivity index (χ0v) is 17.3. The number of esters is 1. The molecule has 2 atom stereocenters. The van der Waals surface area contributed by atoms with Crippen LogP contribution < -0.4 is 0 Å². The molecule has 2 heterocycles. The number of nitrogens with zero attached hydrogens (tertiary/aromatic N) is 2. The van der Waals surface area contributed by atoms with Crippen molar-refractivity contribution in [1.29, 1.82) is 0 Å². The second-order valence-corrected chi connectivity index (χ2v) is 14.3. The molecule has 0 amide bonds. The number of carbonyl (C=O) groups excluding carboxylic acids is 1. The van der Waals surface area contributed by atoms with E-state index < -0.39 is 38.6 Å². The maximum Gasteiger partial charge on any atom is 0.323 e. The third-order valence-electron chi connectivity index (χ3n) is 4.66. The van der Waals surface area contributed by atoms with Gasteiger partial charge in [0.2, 0.25) is 0 Å². The van der Waals surface area contributed by atoms with Crippen molar-refractivity contribution in [1.82, 2.24) is 9.88 Å². The highest BCUT2D eigenvalue weighted by Gasteiger charge is 2.50. The number of rotatable bonds is 7. The lowest BCUT2D eigenvalue weighted by molar-refractivity contribution is -0.152. The van der Waals surface area contributed by atoms with Gasteiger partial charge in [0.15, 0.2) is 0 Å². The fourth-order valence-electron chi connectivity index (χ4n) is 3.32. The molecule has 0 bridgehead atoms. The average Bonchev–Trinajstić information content (AvgIpc) is 2.82. The summed E-state index contributed by atoms with van der Waals surface area (Å²) in [6.45, 7) is 10.3. The van der Waals surface area contributed by atoms with Crippen LogP contribution >= 0.6 is 0 Å². The Morgan fingerprint density at radius 2 is 2.08 bits per heavy atom. The lowest BCUT2D eigenvalue weighted by Crippen LogP contribution is -2.46. The molecule has 1 aliphatic rings. The number of carbonyl (C=O) groups is 1. The second kappa shape index (κ2) is 8.13. The summed E-state index contributed by atoms with van der Waals surface area (Å²) in [5.74, 6) is -3.38. The molecule has 1 aromatic heterocycles. The number of aromatic nitrogens is 1. The summed E-state index contributed by atoms with van der Waals surface area (Å²) in [5, 5.41) is 0. The summed E-state index contributed by atoms with van der Waals surface area (Å²) in [4.78, 5) is 18.6. The molecule has 0 radical (unpaired) electrons. The standard InChI is InChI=1S/C19H30F2N2O2Si/c1-14(2)17(18(24)25-10-11-26(3,4)5)23-13-19(20,21)12-16(23)15-8-6-7-9-22-15/h6-9,14,16-17H,10-13H2,1-5H3/t16-,17-/m0/s1. The van der Waals surface area contributed by atoms with Gasteiger partial charge in [-0.1, -0.05) is 39.6 Å². The number of likely N-dealkylation sites (tertiary alicyclic amines) is 1. The third-order valence-corrected chi connectivity index (χ3v) is 6.37. The van der Waals surface area contributed by atoms with Crippen LogP contribution in [0.1, 0.15) is 32.0 Å².